The Morgan fingerprint density at radius 1 is 1.17 bits per heavy atom. The lowest BCUT2D eigenvalue weighted by molar-refractivity contribution is 0.0625. The molecule has 1 aromatic heterocycles. The standard InChI is InChI=1S/C16H17F2N3O2/c1-11-8-13(19-23-11)10-20-4-6-21(7-5-20)16(22)12-2-3-14(17)15(18)9-12/h2-3,8-9H,4-7,10H2,1H3. The highest BCUT2D eigenvalue weighted by atomic mass is 19.2. The zero-order chi connectivity index (χ0) is 16.4. The van der Waals surface area contributed by atoms with Crippen LogP contribution in [0.1, 0.15) is 21.8 Å². The Bertz CT molecular complexity index is 709. The Hall–Kier alpha value is -2.28. The van der Waals surface area contributed by atoms with E-state index in [9.17, 15) is 13.6 Å². The largest absolute Gasteiger partial charge is 0.361 e. The maximum atomic E-state index is 13.2. The number of carbonyl (C=O) groups is 1. The molecule has 5 nitrogen and oxygen atoms in total. The van der Waals surface area contributed by atoms with Gasteiger partial charge in [0.2, 0.25) is 0 Å². The van der Waals surface area contributed by atoms with Gasteiger partial charge in [-0.05, 0) is 25.1 Å². The second-order valence-corrected chi connectivity index (χ2v) is 5.63. The first-order valence-corrected chi connectivity index (χ1v) is 7.42. The molecule has 2 heterocycles. The van der Waals surface area contributed by atoms with Gasteiger partial charge in [0.15, 0.2) is 11.6 Å². The second kappa shape index (κ2) is 6.45. The van der Waals surface area contributed by atoms with E-state index < -0.39 is 11.6 Å². The molecule has 0 bridgehead atoms. The quantitative estimate of drug-likeness (QED) is 0.870. The molecule has 2 aromatic rings. The monoisotopic (exact) mass is 321 g/mol. The Labute approximate surface area is 132 Å². The molecule has 0 aliphatic carbocycles. The van der Waals surface area contributed by atoms with Crippen LogP contribution in [0, 0.1) is 18.6 Å². The Morgan fingerprint density at radius 3 is 2.52 bits per heavy atom. The second-order valence-electron chi connectivity index (χ2n) is 5.63. The minimum atomic E-state index is -1.00. The minimum Gasteiger partial charge on any atom is -0.361 e. The average Bonchev–Trinajstić information content (AvgIpc) is 2.95. The first-order chi connectivity index (χ1) is 11.0. The summed E-state index contributed by atoms with van der Waals surface area (Å²) in [6.45, 7) is 4.98. The minimum absolute atomic E-state index is 0.171. The van der Waals surface area contributed by atoms with Crippen LogP contribution in [0.25, 0.3) is 0 Å². The summed E-state index contributed by atoms with van der Waals surface area (Å²) in [5, 5.41) is 3.96. The van der Waals surface area contributed by atoms with Crippen LogP contribution in [-0.4, -0.2) is 47.0 Å². The van der Waals surface area contributed by atoms with Gasteiger partial charge in [0.1, 0.15) is 5.76 Å². The first kappa shape index (κ1) is 15.6. The van der Waals surface area contributed by atoms with Crippen LogP contribution in [-0.2, 0) is 6.54 Å². The fraction of sp³-hybridized carbons (Fsp3) is 0.375. The zero-order valence-electron chi connectivity index (χ0n) is 12.8. The number of carbonyl (C=O) groups excluding carboxylic acids is 1. The smallest absolute Gasteiger partial charge is 0.254 e. The molecule has 7 heteroatoms. The van der Waals surface area contributed by atoms with Crippen LogP contribution in [0.5, 0.6) is 0 Å². The summed E-state index contributed by atoms with van der Waals surface area (Å²) >= 11 is 0. The molecular weight excluding hydrogens is 304 g/mol. The number of halogens is 2. The molecule has 1 fully saturated rings. The van der Waals surface area contributed by atoms with E-state index in [1.165, 1.54) is 6.07 Å². The molecule has 1 amide bonds. The van der Waals surface area contributed by atoms with E-state index in [1.807, 2.05) is 13.0 Å². The maximum absolute atomic E-state index is 13.2. The van der Waals surface area contributed by atoms with Gasteiger partial charge in [0.25, 0.3) is 5.91 Å². The normalized spacial score (nSPS) is 15.9. The highest BCUT2D eigenvalue weighted by Crippen LogP contribution is 2.14. The Balaban J connectivity index is 1.57. The molecule has 1 aliphatic heterocycles. The fourth-order valence-corrected chi connectivity index (χ4v) is 2.64. The number of hydrogen-bond donors (Lipinski definition) is 0. The summed E-state index contributed by atoms with van der Waals surface area (Å²) in [6, 6.07) is 5.12. The SMILES string of the molecule is Cc1cc(CN2CCN(C(=O)c3ccc(F)c(F)c3)CC2)no1. The molecule has 1 aliphatic rings. The molecular formula is C16H17F2N3O2. The lowest BCUT2D eigenvalue weighted by Gasteiger charge is -2.34. The molecule has 0 atom stereocenters. The van der Waals surface area contributed by atoms with E-state index in [-0.39, 0.29) is 11.5 Å². The van der Waals surface area contributed by atoms with E-state index in [1.54, 1.807) is 4.90 Å². The number of piperazine rings is 1. The van der Waals surface area contributed by atoms with Crippen molar-refractivity contribution in [2.24, 2.45) is 0 Å². The first-order valence-electron chi connectivity index (χ1n) is 7.42. The highest BCUT2D eigenvalue weighted by Gasteiger charge is 2.23. The van der Waals surface area contributed by atoms with Gasteiger partial charge in [-0.2, -0.15) is 0 Å². The van der Waals surface area contributed by atoms with Crippen molar-refractivity contribution in [2.45, 2.75) is 13.5 Å². The Kier molecular flexibility index (Phi) is 4.38. The summed E-state index contributed by atoms with van der Waals surface area (Å²) in [5.41, 5.74) is 1.03. The van der Waals surface area contributed by atoms with Gasteiger partial charge in [-0.3, -0.25) is 9.69 Å². The number of amides is 1. The van der Waals surface area contributed by atoms with Gasteiger partial charge in [-0.15, -0.1) is 0 Å². The molecule has 0 unspecified atom stereocenters. The van der Waals surface area contributed by atoms with E-state index in [4.69, 9.17) is 4.52 Å². The van der Waals surface area contributed by atoms with Crippen molar-refractivity contribution in [1.82, 2.24) is 15.0 Å². The number of aryl methyl sites for hydroxylation is 1. The van der Waals surface area contributed by atoms with Crippen molar-refractivity contribution in [3.63, 3.8) is 0 Å². The van der Waals surface area contributed by atoms with Crippen molar-refractivity contribution in [3.8, 4) is 0 Å². The van der Waals surface area contributed by atoms with Crippen molar-refractivity contribution in [1.29, 1.82) is 0 Å². The molecule has 0 saturated carbocycles. The van der Waals surface area contributed by atoms with Crippen LogP contribution in [0.3, 0.4) is 0 Å². The maximum Gasteiger partial charge on any atom is 0.254 e. The summed E-state index contributed by atoms with van der Waals surface area (Å²) in [5.74, 6) is -1.46. The lowest BCUT2D eigenvalue weighted by atomic mass is 10.1. The zero-order valence-corrected chi connectivity index (χ0v) is 12.8. The van der Waals surface area contributed by atoms with E-state index in [0.29, 0.717) is 32.7 Å². The summed E-state index contributed by atoms with van der Waals surface area (Å²) in [7, 11) is 0. The molecule has 0 radical (unpaired) electrons. The lowest BCUT2D eigenvalue weighted by Crippen LogP contribution is -2.48. The third-order valence-corrected chi connectivity index (χ3v) is 3.89. The summed E-state index contributed by atoms with van der Waals surface area (Å²) < 4.78 is 31.2. The predicted octanol–water partition coefficient (Wildman–Crippen LogP) is 2.22. The predicted molar refractivity (Wildman–Crippen MR) is 78.8 cm³/mol. The van der Waals surface area contributed by atoms with Crippen LogP contribution < -0.4 is 0 Å². The van der Waals surface area contributed by atoms with Gasteiger partial charge in [0.05, 0.1) is 5.69 Å². The number of nitrogens with zero attached hydrogens (tertiary/aromatic N) is 3. The topological polar surface area (TPSA) is 49.6 Å². The molecule has 3 rings (SSSR count). The van der Waals surface area contributed by atoms with Crippen molar-refractivity contribution in [3.05, 3.63) is 52.9 Å². The van der Waals surface area contributed by atoms with E-state index in [0.717, 1.165) is 23.6 Å². The van der Waals surface area contributed by atoms with E-state index >= 15 is 0 Å². The molecule has 1 saturated heterocycles. The fourth-order valence-electron chi connectivity index (χ4n) is 2.64. The molecule has 23 heavy (non-hydrogen) atoms. The van der Waals surface area contributed by atoms with Crippen molar-refractivity contribution < 1.29 is 18.1 Å². The van der Waals surface area contributed by atoms with Crippen molar-refractivity contribution in [2.75, 3.05) is 26.2 Å². The number of aromatic nitrogens is 1. The molecule has 0 spiro atoms. The molecule has 1 aromatic carbocycles. The third-order valence-electron chi connectivity index (χ3n) is 3.89. The van der Waals surface area contributed by atoms with Crippen LogP contribution >= 0.6 is 0 Å². The van der Waals surface area contributed by atoms with Crippen molar-refractivity contribution >= 4 is 5.91 Å². The van der Waals surface area contributed by atoms with Crippen LogP contribution in [0.15, 0.2) is 28.8 Å². The molecule has 0 N–H and O–H groups in total. The number of hydrogen-bond acceptors (Lipinski definition) is 4. The van der Waals surface area contributed by atoms with E-state index in [2.05, 4.69) is 10.1 Å². The van der Waals surface area contributed by atoms with Gasteiger partial charge in [-0.1, -0.05) is 5.16 Å². The number of rotatable bonds is 3. The van der Waals surface area contributed by atoms with Gasteiger partial charge in [0, 0.05) is 44.4 Å². The molecule has 122 valence electrons. The van der Waals surface area contributed by atoms with Gasteiger partial charge >= 0.3 is 0 Å². The van der Waals surface area contributed by atoms with Crippen LogP contribution in [0.4, 0.5) is 8.78 Å². The third kappa shape index (κ3) is 3.56. The average molecular weight is 321 g/mol. The van der Waals surface area contributed by atoms with Gasteiger partial charge < -0.3 is 9.42 Å². The number of benzene rings is 1. The van der Waals surface area contributed by atoms with Crippen LogP contribution in [0.2, 0.25) is 0 Å². The summed E-state index contributed by atoms with van der Waals surface area (Å²) in [4.78, 5) is 16.1. The van der Waals surface area contributed by atoms with Gasteiger partial charge in [-0.25, -0.2) is 8.78 Å². The Morgan fingerprint density at radius 2 is 1.91 bits per heavy atom. The summed E-state index contributed by atoms with van der Waals surface area (Å²) in [6.07, 6.45) is 0. The highest BCUT2D eigenvalue weighted by molar-refractivity contribution is 5.94.